The fourth-order valence-electron chi connectivity index (χ4n) is 1.68. The molecule has 0 bridgehead atoms. The average molecular weight is 278 g/mol. The van der Waals surface area contributed by atoms with Crippen molar-refractivity contribution in [2.75, 3.05) is 12.0 Å². The molecule has 9 heteroatoms. The molecule has 0 aromatic carbocycles. The van der Waals surface area contributed by atoms with Crippen LogP contribution in [0.3, 0.4) is 0 Å². The van der Waals surface area contributed by atoms with Crippen LogP contribution in [0.15, 0.2) is 12.7 Å². The molecule has 1 atom stereocenters. The molecular weight excluding hydrogens is 260 g/mol. The highest BCUT2D eigenvalue weighted by atomic mass is 16.5. The number of hydrogen-bond acceptors (Lipinski definition) is 8. The van der Waals surface area contributed by atoms with E-state index in [-0.39, 0.29) is 12.0 Å². The van der Waals surface area contributed by atoms with Crippen molar-refractivity contribution < 1.29 is 4.74 Å². The normalized spacial score (nSPS) is 12.2. The van der Waals surface area contributed by atoms with Crippen LogP contribution in [0.1, 0.15) is 26.7 Å². The first-order valence-electron chi connectivity index (χ1n) is 6.43. The predicted octanol–water partition coefficient (Wildman–Crippen LogP) is 0.553. The van der Waals surface area contributed by atoms with Crippen molar-refractivity contribution in [3.63, 3.8) is 0 Å². The number of anilines is 1. The summed E-state index contributed by atoms with van der Waals surface area (Å²) in [6.45, 7) is 4.79. The summed E-state index contributed by atoms with van der Waals surface area (Å²) >= 11 is 0. The predicted molar refractivity (Wildman–Crippen MR) is 72.1 cm³/mol. The lowest BCUT2D eigenvalue weighted by atomic mass is 10.1. The number of nitrogens with one attached hydrogen (secondary N) is 1. The Bertz CT molecular complexity index is 529. The van der Waals surface area contributed by atoms with Crippen LogP contribution in [-0.2, 0) is 0 Å². The van der Waals surface area contributed by atoms with Crippen molar-refractivity contribution in [2.45, 2.75) is 26.7 Å². The highest BCUT2D eigenvalue weighted by molar-refractivity contribution is 5.27. The number of hydrogen-bond donors (Lipinski definition) is 2. The minimum absolute atomic E-state index is 0.210. The van der Waals surface area contributed by atoms with E-state index in [9.17, 15) is 0 Å². The number of rotatable bonds is 7. The molecule has 2 aromatic rings. The molecule has 2 rings (SSSR count). The molecule has 0 saturated heterocycles. The lowest BCUT2D eigenvalue weighted by molar-refractivity contribution is 0.233. The summed E-state index contributed by atoms with van der Waals surface area (Å²) < 4.78 is 6.99. The second-order valence-corrected chi connectivity index (χ2v) is 4.43. The molecule has 0 saturated carbocycles. The first kappa shape index (κ1) is 14.1. The second kappa shape index (κ2) is 6.75. The fourth-order valence-corrected chi connectivity index (χ4v) is 1.68. The molecule has 0 radical (unpaired) electrons. The third-order valence-corrected chi connectivity index (χ3v) is 2.63. The molecule has 0 amide bonds. The summed E-state index contributed by atoms with van der Waals surface area (Å²) in [5.74, 6) is 6.28. The van der Waals surface area contributed by atoms with Crippen LogP contribution in [0.25, 0.3) is 5.95 Å². The van der Waals surface area contributed by atoms with Crippen molar-refractivity contribution in [3.05, 3.63) is 12.7 Å². The van der Waals surface area contributed by atoms with Crippen LogP contribution in [-0.4, -0.2) is 36.3 Å². The van der Waals surface area contributed by atoms with Gasteiger partial charge in [-0.1, -0.05) is 20.3 Å². The monoisotopic (exact) mass is 278 g/mol. The van der Waals surface area contributed by atoms with Crippen molar-refractivity contribution in [2.24, 2.45) is 11.8 Å². The molecule has 3 N–H and O–H groups in total. The molecule has 9 nitrogen and oxygen atoms in total. The van der Waals surface area contributed by atoms with Gasteiger partial charge in [0.2, 0.25) is 5.95 Å². The first-order chi connectivity index (χ1) is 9.72. The molecule has 2 aromatic heterocycles. The standard InChI is InChI=1S/C11H18N8O/c1-3-4-8(2)5-20-11-16-9(18-12)15-10(17-11)19-7-13-6-14-19/h6-8H,3-5,12H2,1-2H3,(H,15,16,17,18). The van der Waals surface area contributed by atoms with E-state index in [1.807, 2.05) is 0 Å². The molecule has 0 spiro atoms. The smallest absolute Gasteiger partial charge is 0.323 e. The van der Waals surface area contributed by atoms with Gasteiger partial charge in [-0.25, -0.2) is 10.8 Å². The van der Waals surface area contributed by atoms with Crippen LogP contribution in [0.2, 0.25) is 0 Å². The number of nitrogens with two attached hydrogens (primary N) is 1. The number of hydrazine groups is 1. The van der Waals surface area contributed by atoms with Crippen molar-refractivity contribution in [3.8, 4) is 12.0 Å². The highest BCUT2D eigenvalue weighted by Gasteiger charge is 2.10. The lowest BCUT2D eigenvalue weighted by Crippen LogP contribution is -2.16. The minimum Gasteiger partial charge on any atom is -0.463 e. The molecule has 108 valence electrons. The maximum absolute atomic E-state index is 5.58. The Balaban J connectivity index is 2.14. The van der Waals surface area contributed by atoms with Crippen LogP contribution in [0.4, 0.5) is 5.95 Å². The quantitative estimate of drug-likeness (QED) is 0.557. The summed E-state index contributed by atoms with van der Waals surface area (Å²) in [5, 5.41) is 3.96. The van der Waals surface area contributed by atoms with Gasteiger partial charge < -0.3 is 4.74 Å². The molecule has 2 heterocycles. The maximum atomic E-state index is 5.58. The van der Waals surface area contributed by atoms with Gasteiger partial charge in [-0.2, -0.15) is 24.7 Å². The molecule has 20 heavy (non-hydrogen) atoms. The molecule has 1 unspecified atom stereocenters. The van der Waals surface area contributed by atoms with Gasteiger partial charge in [0.05, 0.1) is 6.61 Å². The third-order valence-electron chi connectivity index (χ3n) is 2.63. The van der Waals surface area contributed by atoms with Gasteiger partial charge in [-0.05, 0) is 12.3 Å². The van der Waals surface area contributed by atoms with Crippen molar-refractivity contribution in [1.29, 1.82) is 0 Å². The Kier molecular flexibility index (Phi) is 4.77. The summed E-state index contributed by atoms with van der Waals surface area (Å²) in [6.07, 6.45) is 5.08. The van der Waals surface area contributed by atoms with Crippen LogP contribution in [0, 0.1) is 5.92 Å². The fraction of sp³-hybridized carbons (Fsp3) is 0.545. The van der Waals surface area contributed by atoms with E-state index in [1.165, 1.54) is 17.3 Å². The third kappa shape index (κ3) is 3.60. The van der Waals surface area contributed by atoms with E-state index in [1.54, 1.807) is 0 Å². The van der Waals surface area contributed by atoms with E-state index in [0.29, 0.717) is 18.5 Å². The zero-order valence-corrected chi connectivity index (χ0v) is 11.5. The second-order valence-electron chi connectivity index (χ2n) is 4.43. The zero-order chi connectivity index (χ0) is 14.4. The van der Waals surface area contributed by atoms with Gasteiger partial charge in [-0.15, -0.1) is 0 Å². The number of aromatic nitrogens is 6. The lowest BCUT2D eigenvalue weighted by Gasteiger charge is -2.11. The van der Waals surface area contributed by atoms with E-state index < -0.39 is 0 Å². The van der Waals surface area contributed by atoms with Gasteiger partial charge in [0.25, 0.3) is 5.95 Å². The van der Waals surface area contributed by atoms with E-state index >= 15 is 0 Å². The van der Waals surface area contributed by atoms with Gasteiger partial charge >= 0.3 is 6.01 Å². The SMILES string of the molecule is CCCC(C)COc1nc(NN)nc(-n2cncn2)n1. The minimum atomic E-state index is 0.210. The highest BCUT2D eigenvalue weighted by Crippen LogP contribution is 2.12. The Morgan fingerprint density at radius 2 is 2.25 bits per heavy atom. The van der Waals surface area contributed by atoms with Crippen LogP contribution in [0.5, 0.6) is 6.01 Å². The molecule has 0 aliphatic heterocycles. The summed E-state index contributed by atoms with van der Waals surface area (Å²) in [6, 6.07) is 0.210. The Labute approximate surface area is 116 Å². The molecule has 0 aliphatic carbocycles. The van der Waals surface area contributed by atoms with Crippen molar-refractivity contribution >= 4 is 5.95 Å². The Morgan fingerprint density at radius 1 is 1.40 bits per heavy atom. The topological polar surface area (TPSA) is 117 Å². The molecule has 0 aliphatic rings. The summed E-state index contributed by atoms with van der Waals surface area (Å²) in [7, 11) is 0. The van der Waals surface area contributed by atoms with Gasteiger partial charge in [0, 0.05) is 0 Å². The van der Waals surface area contributed by atoms with Gasteiger partial charge in [0.1, 0.15) is 12.7 Å². The average Bonchev–Trinajstić information content (AvgIpc) is 2.99. The summed E-state index contributed by atoms with van der Waals surface area (Å²) in [4.78, 5) is 16.1. The van der Waals surface area contributed by atoms with E-state index in [2.05, 4.69) is 44.3 Å². The first-order valence-corrected chi connectivity index (χ1v) is 6.43. The number of nitrogens with zero attached hydrogens (tertiary/aromatic N) is 6. The molecule has 0 fully saturated rings. The number of nitrogen functional groups attached to an aromatic ring is 1. The van der Waals surface area contributed by atoms with E-state index in [0.717, 1.165) is 12.8 Å². The van der Waals surface area contributed by atoms with Gasteiger partial charge in [-0.3, -0.25) is 5.43 Å². The van der Waals surface area contributed by atoms with E-state index in [4.69, 9.17) is 10.6 Å². The Hall–Kier alpha value is -2.29. The van der Waals surface area contributed by atoms with Crippen LogP contribution >= 0.6 is 0 Å². The largest absolute Gasteiger partial charge is 0.463 e. The zero-order valence-electron chi connectivity index (χ0n) is 11.5. The van der Waals surface area contributed by atoms with Gasteiger partial charge in [0.15, 0.2) is 0 Å². The Morgan fingerprint density at radius 3 is 2.90 bits per heavy atom. The molecular formula is C11H18N8O. The summed E-state index contributed by atoms with van der Waals surface area (Å²) in [5.41, 5.74) is 2.38. The number of ether oxygens (including phenoxy) is 1. The van der Waals surface area contributed by atoms with Crippen molar-refractivity contribution in [1.82, 2.24) is 29.7 Å². The van der Waals surface area contributed by atoms with Crippen LogP contribution < -0.4 is 16.0 Å². The maximum Gasteiger partial charge on any atom is 0.323 e.